The third kappa shape index (κ3) is 3.82. The van der Waals surface area contributed by atoms with Crippen LogP contribution in [0.5, 0.6) is 0 Å². The van der Waals surface area contributed by atoms with E-state index in [0.29, 0.717) is 12.8 Å². The van der Waals surface area contributed by atoms with Gasteiger partial charge in [-0.2, -0.15) is 4.31 Å². The molecule has 1 aliphatic heterocycles. The average molecular weight is 316 g/mol. The van der Waals surface area contributed by atoms with E-state index in [1.165, 1.54) is 4.90 Å². The fourth-order valence-corrected chi connectivity index (χ4v) is 3.58. The van der Waals surface area contributed by atoms with E-state index >= 15 is 0 Å². The summed E-state index contributed by atoms with van der Waals surface area (Å²) in [5, 5.41) is 9.24. The van der Waals surface area contributed by atoms with E-state index in [-0.39, 0.29) is 38.0 Å². The molecule has 1 atom stereocenters. The van der Waals surface area contributed by atoms with E-state index in [4.69, 9.17) is 0 Å². The Morgan fingerprint density at radius 2 is 1.71 bits per heavy atom. The van der Waals surface area contributed by atoms with Crippen LogP contribution in [0.2, 0.25) is 0 Å². The van der Waals surface area contributed by atoms with Crippen LogP contribution in [-0.4, -0.2) is 67.0 Å². The standard InChI is InChI=1S/C13H20N2O5S/c1-21(19,20)15-7-6-14(8-11(9-15)13(17)18)12(16)10-4-2-3-5-10/h2-3,10-11H,4-9H2,1H3,(H,17,18). The predicted molar refractivity (Wildman–Crippen MR) is 76.0 cm³/mol. The molecule has 2 aliphatic rings. The summed E-state index contributed by atoms with van der Waals surface area (Å²) >= 11 is 0. The van der Waals surface area contributed by atoms with Crippen LogP contribution in [0.1, 0.15) is 12.8 Å². The van der Waals surface area contributed by atoms with Crippen molar-refractivity contribution in [3.05, 3.63) is 12.2 Å². The van der Waals surface area contributed by atoms with Crippen LogP contribution in [0, 0.1) is 11.8 Å². The molecule has 1 amide bonds. The van der Waals surface area contributed by atoms with Crippen LogP contribution in [0.25, 0.3) is 0 Å². The molecule has 8 heteroatoms. The second-order valence-corrected chi connectivity index (χ2v) is 7.56. The minimum absolute atomic E-state index is 0.0662. The monoisotopic (exact) mass is 316 g/mol. The number of amides is 1. The maximum Gasteiger partial charge on any atom is 0.309 e. The highest BCUT2D eigenvalue weighted by atomic mass is 32.2. The molecule has 1 N–H and O–H groups in total. The lowest BCUT2D eigenvalue weighted by atomic mass is 10.0. The van der Waals surface area contributed by atoms with Crippen LogP contribution in [0.4, 0.5) is 0 Å². The number of allylic oxidation sites excluding steroid dienone is 2. The average Bonchev–Trinajstić information content (AvgIpc) is 2.81. The Balaban J connectivity index is 2.13. The highest BCUT2D eigenvalue weighted by Crippen LogP contribution is 2.22. The zero-order chi connectivity index (χ0) is 15.6. The maximum atomic E-state index is 12.4. The molecule has 0 aromatic carbocycles. The summed E-state index contributed by atoms with van der Waals surface area (Å²) in [6.45, 7) is 0.373. The van der Waals surface area contributed by atoms with Crippen molar-refractivity contribution in [3.8, 4) is 0 Å². The minimum Gasteiger partial charge on any atom is -0.481 e. The molecule has 0 spiro atoms. The van der Waals surface area contributed by atoms with Crippen LogP contribution < -0.4 is 0 Å². The number of carboxylic acid groups (broad SMARTS) is 1. The van der Waals surface area contributed by atoms with E-state index in [0.717, 1.165) is 10.6 Å². The van der Waals surface area contributed by atoms with Gasteiger partial charge in [0.05, 0.1) is 12.2 Å². The van der Waals surface area contributed by atoms with Gasteiger partial charge in [0, 0.05) is 32.1 Å². The molecule has 7 nitrogen and oxygen atoms in total. The number of carbonyl (C=O) groups excluding carboxylic acids is 1. The molecular formula is C13H20N2O5S. The number of carboxylic acids is 1. The predicted octanol–water partition coefficient (Wildman–Crippen LogP) is -0.243. The number of hydrogen-bond donors (Lipinski definition) is 1. The number of carbonyl (C=O) groups is 2. The van der Waals surface area contributed by atoms with Gasteiger partial charge < -0.3 is 10.0 Å². The molecule has 1 fully saturated rings. The van der Waals surface area contributed by atoms with Gasteiger partial charge in [-0.15, -0.1) is 0 Å². The van der Waals surface area contributed by atoms with Gasteiger partial charge >= 0.3 is 5.97 Å². The third-order valence-corrected chi connectivity index (χ3v) is 5.24. The summed E-state index contributed by atoms with van der Waals surface area (Å²) < 4.78 is 24.5. The molecule has 1 aliphatic carbocycles. The lowest BCUT2D eigenvalue weighted by molar-refractivity contribution is -0.143. The van der Waals surface area contributed by atoms with Gasteiger partial charge in [-0.3, -0.25) is 9.59 Å². The van der Waals surface area contributed by atoms with Crippen molar-refractivity contribution in [2.45, 2.75) is 12.8 Å². The van der Waals surface area contributed by atoms with Gasteiger partial charge in [0.25, 0.3) is 0 Å². The molecule has 0 bridgehead atoms. The summed E-state index contributed by atoms with van der Waals surface area (Å²) in [4.78, 5) is 25.2. The molecule has 1 unspecified atom stereocenters. The lowest BCUT2D eigenvalue weighted by Crippen LogP contribution is -2.40. The van der Waals surface area contributed by atoms with Gasteiger partial charge in [-0.1, -0.05) is 12.2 Å². The summed E-state index contributed by atoms with van der Waals surface area (Å²) in [7, 11) is -3.46. The van der Waals surface area contributed by atoms with Gasteiger partial charge in [-0.05, 0) is 12.8 Å². The first-order chi connectivity index (χ1) is 9.79. The SMILES string of the molecule is CS(=O)(=O)N1CCN(C(=O)C2CC=CC2)CC(C(=O)O)C1. The normalized spacial score (nSPS) is 25.0. The van der Waals surface area contributed by atoms with Crippen molar-refractivity contribution in [1.29, 1.82) is 0 Å². The molecule has 118 valence electrons. The van der Waals surface area contributed by atoms with E-state index < -0.39 is 21.9 Å². The molecule has 1 heterocycles. The van der Waals surface area contributed by atoms with Crippen molar-refractivity contribution >= 4 is 21.9 Å². The van der Waals surface area contributed by atoms with Gasteiger partial charge in [0.15, 0.2) is 0 Å². The maximum absolute atomic E-state index is 12.4. The van der Waals surface area contributed by atoms with Crippen molar-refractivity contribution < 1.29 is 23.1 Å². The van der Waals surface area contributed by atoms with E-state index in [9.17, 15) is 23.1 Å². The van der Waals surface area contributed by atoms with E-state index in [1.54, 1.807) is 0 Å². The molecule has 21 heavy (non-hydrogen) atoms. The fraction of sp³-hybridized carbons (Fsp3) is 0.692. The Labute approximate surface area is 124 Å². The smallest absolute Gasteiger partial charge is 0.309 e. The highest BCUT2D eigenvalue weighted by Gasteiger charge is 2.35. The lowest BCUT2D eigenvalue weighted by Gasteiger charge is -2.25. The minimum atomic E-state index is -3.46. The van der Waals surface area contributed by atoms with Crippen molar-refractivity contribution in [1.82, 2.24) is 9.21 Å². The second kappa shape index (κ2) is 6.15. The van der Waals surface area contributed by atoms with Gasteiger partial charge in [0.2, 0.25) is 15.9 Å². The Bertz CT molecular complexity index is 549. The Morgan fingerprint density at radius 3 is 2.24 bits per heavy atom. The van der Waals surface area contributed by atoms with Gasteiger partial charge in [-0.25, -0.2) is 8.42 Å². The Morgan fingerprint density at radius 1 is 1.10 bits per heavy atom. The summed E-state index contributed by atoms with van der Waals surface area (Å²) in [5.74, 6) is -2.18. The van der Waals surface area contributed by atoms with Crippen molar-refractivity contribution in [2.24, 2.45) is 11.8 Å². The van der Waals surface area contributed by atoms with E-state index in [1.807, 2.05) is 12.2 Å². The van der Waals surface area contributed by atoms with Crippen molar-refractivity contribution in [2.75, 3.05) is 32.4 Å². The molecule has 1 saturated heterocycles. The molecule has 0 radical (unpaired) electrons. The molecule has 2 rings (SSSR count). The van der Waals surface area contributed by atoms with E-state index in [2.05, 4.69) is 0 Å². The third-order valence-electron chi connectivity index (χ3n) is 3.97. The molecule has 0 aromatic rings. The first-order valence-corrected chi connectivity index (χ1v) is 8.75. The first kappa shape index (κ1) is 16.0. The van der Waals surface area contributed by atoms with Crippen LogP contribution in [-0.2, 0) is 19.6 Å². The Kier molecular flexibility index (Phi) is 4.67. The number of nitrogens with zero attached hydrogens (tertiary/aromatic N) is 2. The highest BCUT2D eigenvalue weighted by molar-refractivity contribution is 7.88. The first-order valence-electron chi connectivity index (χ1n) is 6.90. The van der Waals surface area contributed by atoms with Crippen LogP contribution in [0.15, 0.2) is 12.2 Å². The number of rotatable bonds is 3. The fourth-order valence-electron chi connectivity index (χ4n) is 2.72. The zero-order valence-corrected chi connectivity index (χ0v) is 12.8. The Hall–Kier alpha value is -1.41. The van der Waals surface area contributed by atoms with Crippen molar-refractivity contribution in [3.63, 3.8) is 0 Å². The summed E-state index contributed by atoms with van der Waals surface area (Å²) in [6, 6.07) is 0. The van der Waals surface area contributed by atoms with Crippen LogP contribution in [0.3, 0.4) is 0 Å². The quantitative estimate of drug-likeness (QED) is 0.725. The second-order valence-electron chi connectivity index (χ2n) is 5.58. The molecule has 0 aromatic heterocycles. The topological polar surface area (TPSA) is 95.0 Å². The number of sulfonamides is 1. The summed E-state index contributed by atoms with van der Waals surface area (Å²) in [5.41, 5.74) is 0. The van der Waals surface area contributed by atoms with Gasteiger partial charge in [0.1, 0.15) is 0 Å². The molecule has 0 saturated carbocycles. The van der Waals surface area contributed by atoms with Crippen LogP contribution >= 0.6 is 0 Å². The summed E-state index contributed by atoms with van der Waals surface area (Å²) in [6.07, 6.45) is 6.28. The number of aliphatic carboxylic acids is 1. The molecular weight excluding hydrogens is 296 g/mol. The zero-order valence-electron chi connectivity index (χ0n) is 11.9. The number of hydrogen-bond acceptors (Lipinski definition) is 4. The largest absolute Gasteiger partial charge is 0.481 e.